The summed E-state index contributed by atoms with van der Waals surface area (Å²) in [7, 11) is 0. The average molecular weight is 293 g/mol. The molecule has 6 heteroatoms. The Morgan fingerprint density at radius 1 is 1.20 bits per heavy atom. The highest BCUT2D eigenvalue weighted by Gasteiger charge is 2.12. The smallest absolute Gasteiger partial charge is 0.191 e. The minimum Gasteiger partial charge on any atom is -0.394 e. The zero-order valence-corrected chi connectivity index (χ0v) is 12.3. The van der Waals surface area contributed by atoms with Crippen LogP contribution in [0.4, 0.5) is 0 Å². The third-order valence-electron chi connectivity index (χ3n) is 2.76. The molecule has 0 aliphatic rings. The Bertz CT molecular complexity index is 516. The minimum atomic E-state index is 0.0635. The molecule has 0 aliphatic heterocycles. The monoisotopic (exact) mass is 293 g/mol. The van der Waals surface area contributed by atoms with E-state index in [1.165, 1.54) is 0 Å². The molecule has 1 N–H and O–H groups in total. The predicted molar refractivity (Wildman–Crippen MR) is 79.8 cm³/mol. The van der Waals surface area contributed by atoms with Gasteiger partial charge in [0.2, 0.25) is 0 Å². The number of thioether (sulfide) groups is 1. The Kier molecular flexibility index (Phi) is 6.04. The Morgan fingerprint density at radius 2 is 2.00 bits per heavy atom. The highest BCUT2D eigenvalue weighted by molar-refractivity contribution is 7.99. The molecule has 0 bridgehead atoms. The van der Waals surface area contributed by atoms with Crippen molar-refractivity contribution in [1.82, 2.24) is 14.8 Å². The molecule has 1 heterocycles. The maximum atomic E-state index is 8.64. The van der Waals surface area contributed by atoms with Crippen LogP contribution in [-0.2, 0) is 11.3 Å². The standard InChI is InChI=1S/C14H19N3O2S/c1-2-17-13(12-6-4-3-5-7-12)15-16-14(17)20-11-10-19-9-8-18/h3-7,18H,2,8-11H2,1H3. The van der Waals surface area contributed by atoms with E-state index < -0.39 is 0 Å². The summed E-state index contributed by atoms with van der Waals surface area (Å²) < 4.78 is 7.34. The van der Waals surface area contributed by atoms with Gasteiger partial charge in [0.25, 0.3) is 0 Å². The van der Waals surface area contributed by atoms with E-state index in [4.69, 9.17) is 9.84 Å². The first kappa shape index (κ1) is 15.0. The van der Waals surface area contributed by atoms with Gasteiger partial charge in [-0.2, -0.15) is 0 Å². The first-order chi connectivity index (χ1) is 9.86. The van der Waals surface area contributed by atoms with Crippen molar-refractivity contribution in [2.45, 2.75) is 18.6 Å². The van der Waals surface area contributed by atoms with Gasteiger partial charge in [0.05, 0.1) is 19.8 Å². The Balaban J connectivity index is 2.02. The molecular formula is C14H19N3O2S. The molecule has 1 aromatic carbocycles. The fourth-order valence-electron chi connectivity index (χ4n) is 1.84. The molecule has 20 heavy (non-hydrogen) atoms. The second-order valence-corrected chi connectivity index (χ2v) is 5.16. The van der Waals surface area contributed by atoms with Gasteiger partial charge in [-0.1, -0.05) is 42.1 Å². The van der Waals surface area contributed by atoms with Gasteiger partial charge in [-0.3, -0.25) is 0 Å². The van der Waals surface area contributed by atoms with Crippen molar-refractivity contribution in [2.24, 2.45) is 0 Å². The number of hydrogen-bond donors (Lipinski definition) is 1. The van der Waals surface area contributed by atoms with Gasteiger partial charge in [0.1, 0.15) is 0 Å². The lowest BCUT2D eigenvalue weighted by Gasteiger charge is -2.07. The second-order valence-electron chi connectivity index (χ2n) is 4.10. The zero-order chi connectivity index (χ0) is 14.2. The number of nitrogens with zero attached hydrogens (tertiary/aromatic N) is 3. The Labute approximate surface area is 123 Å². The summed E-state index contributed by atoms with van der Waals surface area (Å²) in [4.78, 5) is 0. The van der Waals surface area contributed by atoms with Crippen molar-refractivity contribution in [1.29, 1.82) is 0 Å². The van der Waals surface area contributed by atoms with E-state index in [1.807, 2.05) is 30.3 Å². The lowest BCUT2D eigenvalue weighted by atomic mass is 10.2. The van der Waals surface area contributed by atoms with E-state index in [0.29, 0.717) is 13.2 Å². The summed E-state index contributed by atoms with van der Waals surface area (Å²) in [6.45, 7) is 3.96. The summed E-state index contributed by atoms with van der Waals surface area (Å²) in [6, 6.07) is 10.1. The van der Waals surface area contributed by atoms with E-state index in [9.17, 15) is 0 Å². The van der Waals surface area contributed by atoms with Gasteiger partial charge in [-0.15, -0.1) is 10.2 Å². The topological polar surface area (TPSA) is 60.2 Å². The zero-order valence-electron chi connectivity index (χ0n) is 11.5. The molecule has 0 radical (unpaired) electrons. The van der Waals surface area contributed by atoms with Crippen molar-refractivity contribution < 1.29 is 9.84 Å². The quantitative estimate of drug-likeness (QED) is 0.596. The van der Waals surface area contributed by atoms with Gasteiger partial charge < -0.3 is 14.4 Å². The average Bonchev–Trinajstić information content (AvgIpc) is 2.91. The third kappa shape index (κ3) is 3.82. The van der Waals surface area contributed by atoms with Crippen LogP contribution in [0.1, 0.15) is 6.92 Å². The highest BCUT2D eigenvalue weighted by Crippen LogP contribution is 2.23. The number of aliphatic hydroxyl groups is 1. The van der Waals surface area contributed by atoms with Crippen molar-refractivity contribution in [3.63, 3.8) is 0 Å². The van der Waals surface area contributed by atoms with E-state index in [1.54, 1.807) is 11.8 Å². The number of rotatable bonds is 8. The molecule has 5 nitrogen and oxygen atoms in total. The fourth-order valence-corrected chi connectivity index (χ4v) is 2.69. The van der Waals surface area contributed by atoms with Crippen LogP contribution in [0.15, 0.2) is 35.5 Å². The molecule has 108 valence electrons. The van der Waals surface area contributed by atoms with E-state index in [0.717, 1.165) is 28.8 Å². The number of benzene rings is 1. The molecule has 0 fully saturated rings. The normalized spacial score (nSPS) is 10.9. The maximum Gasteiger partial charge on any atom is 0.191 e. The Morgan fingerprint density at radius 3 is 2.70 bits per heavy atom. The number of aromatic nitrogens is 3. The molecule has 0 saturated heterocycles. The van der Waals surface area contributed by atoms with Crippen LogP contribution >= 0.6 is 11.8 Å². The number of hydrogen-bond acceptors (Lipinski definition) is 5. The summed E-state index contributed by atoms with van der Waals surface area (Å²) in [5, 5.41) is 18.1. The van der Waals surface area contributed by atoms with Gasteiger partial charge in [0, 0.05) is 17.9 Å². The SMILES string of the molecule is CCn1c(SCCOCCO)nnc1-c1ccccc1. The predicted octanol–water partition coefficient (Wildman–Crippen LogP) is 2.07. The minimum absolute atomic E-state index is 0.0635. The van der Waals surface area contributed by atoms with E-state index in [-0.39, 0.29) is 6.61 Å². The van der Waals surface area contributed by atoms with Gasteiger partial charge in [0.15, 0.2) is 11.0 Å². The highest BCUT2D eigenvalue weighted by atomic mass is 32.2. The molecule has 1 aromatic heterocycles. The first-order valence-electron chi connectivity index (χ1n) is 6.66. The van der Waals surface area contributed by atoms with Crippen LogP contribution in [0.3, 0.4) is 0 Å². The van der Waals surface area contributed by atoms with Crippen LogP contribution in [0, 0.1) is 0 Å². The molecular weight excluding hydrogens is 274 g/mol. The molecule has 0 aliphatic carbocycles. The van der Waals surface area contributed by atoms with Crippen LogP contribution in [0.25, 0.3) is 11.4 Å². The lowest BCUT2D eigenvalue weighted by molar-refractivity contribution is 0.103. The molecule has 0 spiro atoms. The van der Waals surface area contributed by atoms with Crippen molar-refractivity contribution in [3.05, 3.63) is 30.3 Å². The number of aliphatic hydroxyl groups excluding tert-OH is 1. The number of ether oxygens (including phenoxy) is 1. The van der Waals surface area contributed by atoms with Gasteiger partial charge in [-0.25, -0.2) is 0 Å². The van der Waals surface area contributed by atoms with E-state index in [2.05, 4.69) is 21.7 Å². The van der Waals surface area contributed by atoms with Gasteiger partial charge >= 0.3 is 0 Å². The molecule has 2 aromatic rings. The molecule has 0 saturated carbocycles. The summed E-state index contributed by atoms with van der Waals surface area (Å²) in [5.41, 5.74) is 1.07. The Hall–Kier alpha value is -1.37. The van der Waals surface area contributed by atoms with Crippen molar-refractivity contribution in [3.8, 4) is 11.4 Å². The van der Waals surface area contributed by atoms with Crippen molar-refractivity contribution in [2.75, 3.05) is 25.6 Å². The lowest BCUT2D eigenvalue weighted by Crippen LogP contribution is -2.04. The van der Waals surface area contributed by atoms with E-state index >= 15 is 0 Å². The largest absolute Gasteiger partial charge is 0.394 e. The molecule has 2 rings (SSSR count). The van der Waals surface area contributed by atoms with Crippen LogP contribution in [0.5, 0.6) is 0 Å². The molecule has 0 amide bonds. The molecule has 0 unspecified atom stereocenters. The summed E-state index contributed by atoms with van der Waals surface area (Å²) in [6.07, 6.45) is 0. The van der Waals surface area contributed by atoms with Crippen LogP contribution in [0.2, 0.25) is 0 Å². The molecule has 0 atom stereocenters. The van der Waals surface area contributed by atoms with Crippen LogP contribution < -0.4 is 0 Å². The summed E-state index contributed by atoms with van der Waals surface area (Å²) >= 11 is 1.62. The first-order valence-corrected chi connectivity index (χ1v) is 7.65. The fraction of sp³-hybridized carbons (Fsp3) is 0.429. The van der Waals surface area contributed by atoms with Crippen LogP contribution in [-0.4, -0.2) is 45.4 Å². The third-order valence-corrected chi connectivity index (χ3v) is 3.69. The van der Waals surface area contributed by atoms with Crippen molar-refractivity contribution >= 4 is 11.8 Å². The second kappa shape index (κ2) is 8.04. The maximum absolute atomic E-state index is 8.64. The summed E-state index contributed by atoms with van der Waals surface area (Å²) in [5.74, 6) is 1.69. The van der Waals surface area contributed by atoms with Gasteiger partial charge in [-0.05, 0) is 6.92 Å².